The Labute approximate surface area is 137 Å². The van der Waals surface area contributed by atoms with Crippen LogP contribution in [0.3, 0.4) is 0 Å². The molecule has 1 aliphatic rings. The van der Waals surface area contributed by atoms with E-state index in [1.54, 1.807) is 0 Å². The molecule has 1 atom stereocenters. The Bertz CT molecular complexity index is 732. The third-order valence-electron chi connectivity index (χ3n) is 4.31. The molecule has 1 aliphatic heterocycles. The number of nitro benzene ring substituents is 1. The zero-order chi connectivity index (χ0) is 18.1. The molecule has 2 N–H and O–H groups in total. The Hall–Kier alpha value is -2.97. The number of nitrogens with two attached hydrogens (primary N) is 1. The fraction of sp³-hybridized carbons (Fsp3) is 0.400. The van der Waals surface area contributed by atoms with E-state index in [0.29, 0.717) is 0 Å². The van der Waals surface area contributed by atoms with Crippen LogP contribution < -0.4 is 5.73 Å². The van der Waals surface area contributed by atoms with Gasteiger partial charge in [0, 0.05) is 12.5 Å². The predicted octanol–water partition coefficient (Wildman–Crippen LogP) is 0.748. The van der Waals surface area contributed by atoms with Gasteiger partial charge < -0.3 is 15.4 Å². The maximum atomic E-state index is 12.6. The molecule has 0 aromatic heterocycles. The molecule has 0 spiro atoms. The summed E-state index contributed by atoms with van der Waals surface area (Å²) in [6.07, 6.45) is -0.152. The van der Waals surface area contributed by atoms with Crippen molar-refractivity contribution in [3.8, 4) is 0 Å². The van der Waals surface area contributed by atoms with Gasteiger partial charge in [0.15, 0.2) is 0 Å². The van der Waals surface area contributed by atoms with Crippen molar-refractivity contribution in [3.05, 3.63) is 39.4 Å². The van der Waals surface area contributed by atoms with Crippen LogP contribution in [-0.4, -0.2) is 40.3 Å². The van der Waals surface area contributed by atoms with E-state index in [1.165, 1.54) is 37.1 Å². The van der Waals surface area contributed by atoms with Gasteiger partial charge in [-0.25, -0.2) is 0 Å². The molecule has 9 heteroatoms. The summed E-state index contributed by atoms with van der Waals surface area (Å²) in [5.74, 6) is -1.87. The molecule has 0 saturated carbocycles. The molecule has 128 valence electrons. The summed E-state index contributed by atoms with van der Waals surface area (Å²) >= 11 is 0. The van der Waals surface area contributed by atoms with E-state index < -0.39 is 28.2 Å². The number of nitro groups is 1. The molecule has 1 aromatic rings. The minimum atomic E-state index is -1.46. The molecule has 0 saturated heterocycles. The first-order chi connectivity index (χ1) is 11.2. The smallest absolute Gasteiger partial charge is 0.305 e. The van der Waals surface area contributed by atoms with Crippen molar-refractivity contribution >= 4 is 23.5 Å². The Morgan fingerprint density at radius 3 is 2.67 bits per heavy atom. The molecule has 1 unspecified atom stereocenters. The van der Waals surface area contributed by atoms with Crippen LogP contribution in [0.15, 0.2) is 18.2 Å². The lowest BCUT2D eigenvalue weighted by Crippen LogP contribution is -2.55. The van der Waals surface area contributed by atoms with E-state index in [0.717, 1.165) is 0 Å². The van der Waals surface area contributed by atoms with Crippen molar-refractivity contribution in [1.82, 2.24) is 4.90 Å². The van der Waals surface area contributed by atoms with E-state index in [4.69, 9.17) is 5.73 Å². The minimum Gasteiger partial charge on any atom is -0.469 e. The second kappa shape index (κ2) is 6.26. The van der Waals surface area contributed by atoms with Gasteiger partial charge in [0.05, 0.1) is 29.7 Å². The Morgan fingerprint density at radius 1 is 1.46 bits per heavy atom. The predicted molar refractivity (Wildman–Crippen MR) is 81.8 cm³/mol. The highest BCUT2D eigenvalue weighted by atomic mass is 16.6. The van der Waals surface area contributed by atoms with Crippen LogP contribution in [0.1, 0.15) is 35.7 Å². The quantitative estimate of drug-likeness (QED) is 0.463. The average molecular weight is 335 g/mol. The summed E-state index contributed by atoms with van der Waals surface area (Å²) in [4.78, 5) is 47.7. The number of nitrogens with zero attached hydrogens (tertiary/aromatic N) is 2. The van der Waals surface area contributed by atoms with Crippen molar-refractivity contribution in [2.75, 3.05) is 7.11 Å². The summed E-state index contributed by atoms with van der Waals surface area (Å²) in [6, 6.07) is 4.17. The number of hydrogen-bond donors (Lipinski definition) is 1. The van der Waals surface area contributed by atoms with E-state index in [9.17, 15) is 24.5 Å². The first-order valence-corrected chi connectivity index (χ1v) is 7.17. The normalized spacial score (nSPS) is 15.6. The second-order valence-electron chi connectivity index (χ2n) is 5.67. The molecule has 0 radical (unpaired) electrons. The van der Waals surface area contributed by atoms with Gasteiger partial charge in [-0.05, 0) is 19.4 Å². The maximum Gasteiger partial charge on any atom is 0.305 e. The van der Waals surface area contributed by atoms with Crippen LogP contribution in [0.25, 0.3) is 0 Å². The summed E-state index contributed by atoms with van der Waals surface area (Å²) in [5, 5.41) is 11.1. The first-order valence-electron chi connectivity index (χ1n) is 7.17. The summed E-state index contributed by atoms with van der Waals surface area (Å²) in [5.41, 5.74) is 4.20. The fourth-order valence-electron chi connectivity index (χ4n) is 2.72. The second-order valence-corrected chi connectivity index (χ2v) is 5.67. The number of rotatable bonds is 6. The van der Waals surface area contributed by atoms with E-state index in [-0.39, 0.29) is 36.2 Å². The van der Waals surface area contributed by atoms with Crippen LogP contribution in [0.5, 0.6) is 0 Å². The highest BCUT2D eigenvalue weighted by Gasteiger charge is 2.46. The zero-order valence-corrected chi connectivity index (χ0v) is 13.3. The van der Waals surface area contributed by atoms with E-state index in [2.05, 4.69) is 4.74 Å². The highest BCUT2D eigenvalue weighted by molar-refractivity contribution is 6.03. The van der Waals surface area contributed by atoms with E-state index >= 15 is 0 Å². The Balaban J connectivity index is 2.39. The fourth-order valence-corrected chi connectivity index (χ4v) is 2.72. The summed E-state index contributed by atoms with van der Waals surface area (Å²) < 4.78 is 4.54. The maximum absolute atomic E-state index is 12.6. The Morgan fingerprint density at radius 2 is 2.12 bits per heavy atom. The molecule has 2 rings (SSSR count). The summed E-state index contributed by atoms with van der Waals surface area (Å²) in [7, 11) is 1.21. The van der Waals surface area contributed by atoms with Gasteiger partial charge in [-0.1, -0.05) is 6.07 Å². The number of benzene rings is 1. The highest BCUT2D eigenvalue weighted by Crippen LogP contribution is 2.36. The van der Waals surface area contributed by atoms with Crippen LogP contribution in [0.4, 0.5) is 5.69 Å². The van der Waals surface area contributed by atoms with Gasteiger partial charge in [-0.15, -0.1) is 0 Å². The van der Waals surface area contributed by atoms with Crippen molar-refractivity contribution in [1.29, 1.82) is 0 Å². The molecule has 0 fully saturated rings. The number of methoxy groups -OCH3 is 1. The zero-order valence-electron chi connectivity index (χ0n) is 13.3. The van der Waals surface area contributed by atoms with Crippen LogP contribution in [0, 0.1) is 10.1 Å². The monoisotopic (exact) mass is 335 g/mol. The van der Waals surface area contributed by atoms with Gasteiger partial charge in [-0.2, -0.15) is 0 Å². The first kappa shape index (κ1) is 17.4. The van der Waals surface area contributed by atoms with Crippen molar-refractivity contribution in [2.24, 2.45) is 5.73 Å². The van der Waals surface area contributed by atoms with Gasteiger partial charge in [-0.3, -0.25) is 24.5 Å². The number of carbonyl (C=O) groups excluding carboxylic acids is 3. The number of primary amides is 1. The molecule has 1 heterocycles. The van der Waals surface area contributed by atoms with Crippen LogP contribution in [0.2, 0.25) is 0 Å². The largest absolute Gasteiger partial charge is 0.469 e. The molecular formula is C15H17N3O6. The Kier molecular flexibility index (Phi) is 4.54. The lowest BCUT2D eigenvalue weighted by atomic mass is 9.92. The van der Waals surface area contributed by atoms with E-state index in [1.807, 2.05) is 0 Å². The van der Waals surface area contributed by atoms with Gasteiger partial charge >= 0.3 is 5.97 Å². The van der Waals surface area contributed by atoms with Gasteiger partial charge in [0.25, 0.3) is 11.6 Å². The van der Waals surface area contributed by atoms with Crippen LogP contribution in [-0.2, 0) is 20.9 Å². The molecule has 0 aliphatic carbocycles. The number of amides is 2. The molecule has 2 amide bonds. The van der Waals surface area contributed by atoms with Gasteiger partial charge in [0.1, 0.15) is 5.54 Å². The standard InChI is InChI=1S/C15H17N3O6/c1-15(14(16)21,7-6-12(19)24-2)17-8-10-9(13(17)20)4-3-5-11(10)18(22)23/h3-5H,6-8H2,1-2H3,(H2,16,21). The number of carbonyl (C=O) groups is 3. The minimum absolute atomic E-state index is 0.0392. The lowest BCUT2D eigenvalue weighted by Gasteiger charge is -2.35. The van der Waals surface area contributed by atoms with Crippen LogP contribution >= 0.6 is 0 Å². The SMILES string of the molecule is COC(=O)CCC(C)(C(N)=O)N1Cc2c(cccc2[N+](=O)[O-])C1=O. The topological polar surface area (TPSA) is 133 Å². The average Bonchev–Trinajstić information content (AvgIpc) is 2.89. The third kappa shape index (κ3) is 2.80. The molecule has 24 heavy (non-hydrogen) atoms. The lowest BCUT2D eigenvalue weighted by molar-refractivity contribution is -0.385. The number of fused-ring (bicyclic) bond motifs is 1. The molecule has 0 bridgehead atoms. The van der Waals surface area contributed by atoms with Gasteiger partial charge in [0.2, 0.25) is 5.91 Å². The van der Waals surface area contributed by atoms with Crippen molar-refractivity contribution in [2.45, 2.75) is 31.8 Å². The number of esters is 1. The van der Waals surface area contributed by atoms with Crippen molar-refractivity contribution in [3.63, 3.8) is 0 Å². The van der Waals surface area contributed by atoms with Crippen molar-refractivity contribution < 1.29 is 24.0 Å². The summed E-state index contributed by atoms with van der Waals surface area (Å²) in [6.45, 7) is 1.32. The third-order valence-corrected chi connectivity index (χ3v) is 4.31. The number of ether oxygens (including phenoxy) is 1. The number of hydrogen-bond acceptors (Lipinski definition) is 6. The molecular weight excluding hydrogens is 318 g/mol. The molecule has 9 nitrogen and oxygen atoms in total. The molecule has 1 aromatic carbocycles.